The van der Waals surface area contributed by atoms with Crippen molar-refractivity contribution in [2.75, 3.05) is 30.9 Å². The Labute approximate surface area is 128 Å². The van der Waals surface area contributed by atoms with Crippen LogP contribution in [0.2, 0.25) is 0 Å². The van der Waals surface area contributed by atoms with Crippen molar-refractivity contribution in [3.63, 3.8) is 0 Å². The highest BCUT2D eigenvalue weighted by Gasteiger charge is 2.14. The first-order valence-electron chi connectivity index (χ1n) is 6.67. The molecule has 5 heteroatoms. The molecule has 0 spiro atoms. The molecule has 2 rings (SSSR count). The fraction of sp³-hybridized carbons (Fsp3) is 0.333. The molecule has 0 unspecified atom stereocenters. The predicted octanol–water partition coefficient (Wildman–Crippen LogP) is 3.79. The largest absolute Gasteiger partial charge is 0.369 e. The molecule has 0 atom stereocenters. The third-order valence-electron chi connectivity index (χ3n) is 2.83. The van der Waals surface area contributed by atoms with Crippen molar-refractivity contribution in [1.82, 2.24) is 9.97 Å². The second-order valence-electron chi connectivity index (χ2n) is 4.72. The highest BCUT2D eigenvalue weighted by atomic mass is 79.9. The van der Waals surface area contributed by atoms with Crippen LogP contribution in [-0.2, 0) is 0 Å². The number of nitrogens with one attached hydrogen (secondary N) is 1. The molecule has 0 aliphatic carbocycles. The smallest absolute Gasteiger partial charge is 0.227 e. The molecule has 0 saturated heterocycles. The molecule has 0 amide bonds. The van der Waals surface area contributed by atoms with Gasteiger partial charge in [0.2, 0.25) is 5.95 Å². The van der Waals surface area contributed by atoms with Gasteiger partial charge in [-0.2, -0.15) is 4.98 Å². The maximum absolute atomic E-state index is 4.64. The molecule has 2 aromatic rings. The van der Waals surface area contributed by atoms with Gasteiger partial charge in [-0.1, -0.05) is 37.3 Å². The van der Waals surface area contributed by atoms with Crippen molar-refractivity contribution in [1.29, 1.82) is 0 Å². The van der Waals surface area contributed by atoms with Crippen LogP contribution in [0.1, 0.15) is 13.3 Å². The third-order valence-corrected chi connectivity index (χ3v) is 3.58. The van der Waals surface area contributed by atoms with E-state index in [1.807, 2.05) is 37.2 Å². The third kappa shape index (κ3) is 3.28. The Kier molecular flexibility index (Phi) is 4.95. The Morgan fingerprint density at radius 2 is 1.85 bits per heavy atom. The summed E-state index contributed by atoms with van der Waals surface area (Å²) in [6.07, 6.45) is 1.05. The standard InChI is InChI=1S/C15H19BrN4/c1-4-10-17-14-12(16)13(11-8-6-5-7-9-11)18-15(19-14)20(2)3/h5-9H,4,10H2,1-3H3,(H,17,18,19). The van der Waals surface area contributed by atoms with Gasteiger partial charge in [-0.25, -0.2) is 4.98 Å². The van der Waals surface area contributed by atoms with E-state index < -0.39 is 0 Å². The minimum Gasteiger partial charge on any atom is -0.369 e. The fourth-order valence-corrected chi connectivity index (χ4v) is 2.33. The molecule has 1 heterocycles. The number of hydrogen-bond donors (Lipinski definition) is 1. The minimum atomic E-state index is 0.700. The van der Waals surface area contributed by atoms with Crippen molar-refractivity contribution in [3.8, 4) is 11.3 Å². The summed E-state index contributed by atoms with van der Waals surface area (Å²) in [6, 6.07) is 10.1. The molecule has 4 nitrogen and oxygen atoms in total. The van der Waals surface area contributed by atoms with Gasteiger partial charge in [0, 0.05) is 26.2 Å². The molecule has 1 aromatic heterocycles. The van der Waals surface area contributed by atoms with Gasteiger partial charge in [0.25, 0.3) is 0 Å². The summed E-state index contributed by atoms with van der Waals surface area (Å²) >= 11 is 3.63. The maximum atomic E-state index is 4.64. The summed E-state index contributed by atoms with van der Waals surface area (Å²) in [5, 5.41) is 3.34. The molecule has 106 valence electrons. The molecule has 0 bridgehead atoms. The molecular weight excluding hydrogens is 316 g/mol. The van der Waals surface area contributed by atoms with E-state index in [0.717, 1.165) is 34.5 Å². The first-order valence-corrected chi connectivity index (χ1v) is 7.47. The summed E-state index contributed by atoms with van der Waals surface area (Å²) in [7, 11) is 3.89. The number of hydrogen-bond acceptors (Lipinski definition) is 4. The van der Waals surface area contributed by atoms with Crippen LogP contribution in [-0.4, -0.2) is 30.6 Å². The molecule has 0 aliphatic rings. The average molecular weight is 335 g/mol. The van der Waals surface area contributed by atoms with Crippen LogP contribution >= 0.6 is 15.9 Å². The van der Waals surface area contributed by atoms with Gasteiger partial charge in [-0.15, -0.1) is 0 Å². The zero-order valence-electron chi connectivity index (χ0n) is 12.0. The summed E-state index contributed by atoms with van der Waals surface area (Å²) in [6.45, 7) is 3.02. The molecule has 20 heavy (non-hydrogen) atoms. The maximum Gasteiger partial charge on any atom is 0.227 e. The zero-order chi connectivity index (χ0) is 14.5. The molecule has 0 aliphatic heterocycles. The molecular formula is C15H19BrN4. The monoisotopic (exact) mass is 334 g/mol. The Balaban J connectivity index is 2.52. The van der Waals surface area contributed by atoms with Crippen LogP contribution in [0.3, 0.4) is 0 Å². The quantitative estimate of drug-likeness (QED) is 0.902. The van der Waals surface area contributed by atoms with E-state index in [0.29, 0.717) is 5.95 Å². The van der Waals surface area contributed by atoms with Crippen LogP contribution in [0.5, 0.6) is 0 Å². The van der Waals surface area contributed by atoms with Crippen molar-refractivity contribution >= 4 is 27.7 Å². The van der Waals surface area contributed by atoms with E-state index in [1.54, 1.807) is 0 Å². The molecule has 0 radical (unpaired) electrons. The zero-order valence-corrected chi connectivity index (χ0v) is 13.6. The number of aromatic nitrogens is 2. The lowest BCUT2D eigenvalue weighted by Gasteiger charge is -2.16. The lowest BCUT2D eigenvalue weighted by Crippen LogP contribution is -2.15. The number of benzene rings is 1. The van der Waals surface area contributed by atoms with Gasteiger partial charge >= 0.3 is 0 Å². The molecule has 1 aromatic carbocycles. The fourth-order valence-electron chi connectivity index (χ4n) is 1.78. The highest BCUT2D eigenvalue weighted by molar-refractivity contribution is 9.10. The SMILES string of the molecule is CCCNc1nc(N(C)C)nc(-c2ccccc2)c1Br. The van der Waals surface area contributed by atoms with Gasteiger partial charge < -0.3 is 10.2 Å². The van der Waals surface area contributed by atoms with Gasteiger partial charge in [0.1, 0.15) is 5.82 Å². The van der Waals surface area contributed by atoms with Crippen molar-refractivity contribution in [2.24, 2.45) is 0 Å². The van der Waals surface area contributed by atoms with Crippen LogP contribution in [0.15, 0.2) is 34.8 Å². The summed E-state index contributed by atoms with van der Waals surface area (Å²) in [4.78, 5) is 11.1. The molecule has 1 N–H and O–H groups in total. The van der Waals surface area contributed by atoms with Crippen LogP contribution in [0.25, 0.3) is 11.3 Å². The molecule has 0 saturated carbocycles. The Morgan fingerprint density at radius 1 is 1.15 bits per heavy atom. The normalized spacial score (nSPS) is 10.4. The van der Waals surface area contributed by atoms with E-state index in [-0.39, 0.29) is 0 Å². The second-order valence-corrected chi connectivity index (χ2v) is 5.52. The van der Waals surface area contributed by atoms with E-state index in [1.165, 1.54) is 0 Å². The van der Waals surface area contributed by atoms with Gasteiger partial charge in [-0.3, -0.25) is 0 Å². The van der Waals surface area contributed by atoms with E-state index >= 15 is 0 Å². The summed E-state index contributed by atoms with van der Waals surface area (Å²) in [5.74, 6) is 1.54. The van der Waals surface area contributed by atoms with Crippen molar-refractivity contribution in [2.45, 2.75) is 13.3 Å². The lowest BCUT2D eigenvalue weighted by atomic mass is 10.1. The van der Waals surface area contributed by atoms with Crippen LogP contribution < -0.4 is 10.2 Å². The topological polar surface area (TPSA) is 41.1 Å². The van der Waals surface area contributed by atoms with E-state index in [9.17, 15) is 0 Å². The number of nitrogens with zero attached hydrogens (tertiary/aromatic N) is 3. The minimum absolute atomic E-state index is 0.700. The predicted molar refractivity (Wildman–Crippen MR) is 88.3 cm³/mol. The van der Waals surface area contributed by atoms with Crippen LogP contribution in [0.4, 0.5) is 11.8 Å². The Bertz CT molecular complexity index is 570. The number of halogens is 1. The molecule has 0 fully saturated rings. The average Bonchev–Trinajstić information content (AvgIpc) is 2.47. The summed E-state index contributed by atoms with van der Waals surface area (Å²) < 4.78 is 0.905. The first-order chi connectivity index (χ1) is 9.63. The van der Waals surface area contributed by atoms with E-state index in [4.69, 9.17) is 0 Å². The van der Waals surface area contributed by atoms with Gasteiger partial charge in [0.05, 0.1) is 10.2 Å². The number of rotatable bonds is 5. The van der Waals surface area contributed by atoms with E-state index in [2.05, 4.69) is 50.3 Å². The number of anilines is 2. The Hall–Kier alpha value is -1.62. The highest BCUT2D eigenvalue weighted by Crippen LogP contribution is 2.33. The van der Waals surface area contributed by atoms with Gasteiger partial charge in [0.15, 0.2) is 0 Å². The second kappa shape index (κ2) is 6.70. The first kappa shape index (κ1) is 14.8. The van der Waals surface area contributed by atoms with Gasteiger partial charge in [-0.05, 0) is 22.4 Å². The van der Waals surface area contributed by atoms with Crippen LogP contribution in [0, 0.1) is 0 Å². The Morgan fingerprint density at radius 3 is 2.45 bits per heavy atom. The van der Waals surface area contributed by atoms with Crippen molar-refractivity contribution < 1.29 is 0 Å². The lowest BCUT2D eigenvalue weighted by molar-refractivity contribution is 0.947. The van der Waals surface area contributed by atoms with Crippen molar-refractivity contribution in [3.05, 3.63) is 34.8 Å². The summed E-state index contributed by atoms with van der Waals surface area (Å²) in [5.41, 5.74) is 1.98.